The number of esters is 1. The SMILES string of the molecule is CCOC(=O)C1=C(c2ccccc2)NC(=O)N[C@H]1c1ccccc1Br. The van der Waals surface area contributed by atoms with Gasteiger partial charge in [-0.1, -0.05) is 64.5 Å². The van der Waals surface area contributed by atoms with Gasteiger partial charge in [-0.2, -0.15) is 0 Å². The number of urea groups is 1. The van der Waals surface area contributed by atoms with Crippen molar-refractivity contribution in [1.82, 2.24) is 10.6 Å². The smallest absolute Gasteiger partial charge is 0.338 e. The molecule has 0 bridgehead atoms. The molecule has 0 saturated heterocycles. The highest BCUT2D eigenvalue weighted by Gasteiger charge is 2.35. The van der Waals surface area contributed by atoms with E-state index in [1.54, 1.807) is 6.92 Å². The Morgan fingerprint density at radius 2 is 1.80 bits per heavy atom. The zero-order chi connectivity index (χ0) is 17.8. The van der Waals surface area contributed by atoms with Crippen molar-refractivity contribution in [1.29, 1.82) is 0 Å². The lowest BCUT2D eigenvalue weighted by atomic mass is 9.93. The van der Waals surface area contributed by atoms with E-state index in [2.05, 4.69) is 26.6 Å². The van der Waals surface area contributed by atoms with E-state index in [0.717, 1.165) is 15.6 Å². The Morgan fingerprint density at radius 1 is 1.12 bits per heavy atom. The van der Waals surface area contributed by atoms with Gasteiger partial charge in [0.05, 0.1) is 23.9 Å². The van der Waals surface area contributed by atoms with Crippen LogP contribution in [0.25, 0.3) is 5.70 Å². The molecule has 2 aromatic carbocycles. The first-order chi connectivity index (χ1) is 12.1. The Hall–Kier alpha value is -2.60. The number of rotatable bonds is 4. The van der Waals surface area contributed by atoms with Crippen molar-refractivity contribution in [2.24, 2.45) is 0 Å². The maximum absolute atomic E-state index is 12.7. The standard InChI is InChI=1S/C19H17BrN2O3/c1-2-25-18(23)15-16(12-8-4-3-5-9-12)21-19(24)22-17(15)13-10-6-7-11-14(13)20/h3-11,17H,2H2,1H3,(H2,21,22,24)/t17-/m0/s1. The van der Waals surface area contributed by atoms with Crippen LogP contribution < -0.4 is 10.6 Å². The third-order valence-corrected chi connectivity index (χ3v) is 4.57. The first-order valence-corrected chi connectivity index (χ1v) is 8.69. The second-order valence-electron chi connectivity index (χ2n) is 5.43. The number of nitrogens with one attached hydrogen (secondary N) is 2. The summed E-state index contributed by atoms with van der Waals surface area (Å²) in [6, 6.07) is 15.8. The van der Waals surface area contributed by atoms with Crippen molar-refractivity contribution >= 4 is 33.6 Å². The summed E-state index contributed by atoms with van der Waals surface area (Å²) in [6.45, 7) is 2.00. The lowest BCUT2D eigenvalue weighted by molar-refractivity contribution is -0.138. The van der Waals surface area contributed by atoms with Crippen LogP contribution in [0.5, 0.6) is 0 Å². The van der Waals surface area contributed by atoms with E-state index >= 15 is 0 Å². The largest absolute Gasteiger partial charge is 0.463 e. The zero-order valence-electron chi connectivity index (χ0n) is 13.6. The first kappa shape index (κ1) is 17.2. The molecule has 6 heteroatoms. The van der Waals surface area contributed by atoms with Gasteiger partial charge in [0.1, 0.15) is 0 Å². The van der Waals surface area contributed by atoms with Gasteiger partial charge >= 0.3 is 12.0 Å². The molecule has 0 saturated carbocycles. The van der Waals surface area contributed by atoms with Gasteiger partial charge in [-0.25, -0.2) is 9.59 Å². The van der Waals surface area contributed by atoms with Crippen LogP contribution in [0, 0.1) is 0 Å². The average Bonchev–Trinajstić information content (AvgIpc) is 2.62. The number of carbonyl (C=O) groups excluding carboxylic acids is 2. The van der Waals surface area contributed by atoms with Gasteiger partial charge in [-0.15, -0.1) is 0 Å². The lowest BCUT2D eigenvalue weighted by Crippen LogP contribution is -2.45. The minimum absolute atomic E-state index is 0.251. The van der Waals surface area contributed by atoms with Crippen LogP contribution in [0.2, 0.25) is 0 Å². The molecule has 1 aliphatic rings. The number of ether oxygens (including phenoxy) is 1. The summed E-state index contributed by atoms with van der Waals surface area (Å²) < 4.78 is 6.06. The Morgan fingerprint density at radius 3 is 2.48 bits per heavy atom. The summed E-state index contributed by atoms with van der Waals surface area (Å²) in [7, 11) is 0. The average molecular weight is 401 g/mol. The fourth-order valence-electron chi connectivity index (χ4n) is 2.77. The highest BCUT2D eigenvalue weighted by Crippen LogP contribution is 2.35. The van der Waals surface area contributed by atoms with E-state index in [4.69, 9.17) is 4.74 Å². The van der Waals surface area contributed by atoms with Crippen LogP contribution >= 0.6 is 15.9 Å². The summed E-state index contributed by atoms with van der Waals surface area (Å²) in [5, 5.41) is 5.58. The minimum Gasteiger partial charge on any atom is -0.463 e. The van der Waals surface area contributed by atoms with Crippen molar-refractivity contribution in [2.75, 3.05) is 6.61 Å². The molecule has 0 unspecified atom stereocenters. The van der Waals surface area contributed by atoms with Crippen LogP contribution in [0.4, 0.5) is 4.79 Å². The molecule has 0 aromatic heterocycles. The molecule has 1 heterocycles. The Balaban J connectivity index is 2.20. The molecule has 0 spiro atoms. The van der Waals surface area contributed by atoms with Crippen molar-refractivity contribution < 1.29 is 14.3 Å². The van der Waals surface area contributed by atoms with E-state index in [0.29, 0.717) is 11.3 Å². The number of carbonyl (C=O) groups is 2. The van der Waals surface area contributed by atoms with Crippen LogP contribution in [0.3, 0.4) is 0 Å². The number of hydrogen-bond acceptors (Lipinski definition) is 3. The van der Waals surface area contributed by atoms with E-state index in [1.165, 1.54) is 0 Å². The van der Waals surface area contributed by atoms with Crippen LogP contribution in [0.1, 0.15) is 24.1 Å². The van der Waals surface area contributed by atoms with Crippen molar-refractivity contribution in [3.63, 3.8) is 0 Å². The summed E-state index contributed by atoms with van der Waals surface area (Å²) in [6.07, 6.45) is 0. The Bertz CT molecular complexity index is 834. The molecule has 0 fully saturated rings. The summed E-state index contributed by atoms with van der Waals surface area (Å²) in [5.74, 6) is -0.463. The van der Waals surface area contributed by atoms with Gasteiger partial charge in [0, 0.05) is 4.47 Å². The quantitative estimate of drug-likeness (QED) is 0.767. The molecule has 2 aromatic rings. The number of amides is 2. The summed E-state index contributed by atoms with van der Waals surface area (Å²) >= 11 is 3.50. The highest BCUT2D eigenvalue weighted by atomic mass is 79.9. The maximum atomic E-state index is 12.7. The highest BCUT2D eigenvalue weighted by molar-refractivity contribution is 9.10. The van der Waals surface area contributed by atoms with Gasteiger partial charge in [-0.05, 0) is 24.1 Å². The Labute approximate surface area is 154 Å². The van der Waals surface area contributed by atoms with E-state index in [-0.39, 0.29) is 12.6 Å². The lowest BCUT2D eigenvalue weighted by Gasteiger charge is -2.30. The second-order valence-corrected chi connectivity index (χ2v) is 6.28. The monoisotopic (exact) mass is 400 g/mol. The zero-order valence-corrected chi connectivity index (χ0v) is 15.2. The number of benzene rings is 2. The normalized spacial score (nSPS) is 16.9. The van der Waals surface area contributed by atoms with E-state index < -0.39 is 12.0 Å². The molecule has 128 valence electrons. The van der Waals surface area contributed by atoms with Gasteiger partial charge in [0.25, 0.3) is 0 Å². The molecule has 1 atom stereocenters. The summed E-state index contributed by atoms with van der Waals surface area (Å²) in [4.78, 5) is 24.9. The second kappa shape index (κ2) is 7.53. The van der Waals surface area contributed by atoms with Gasteiger partial charge in [0.2, 0.25) is 0 Å². The molecule has 2 amide bonds. The van der Waals surface area contributed by atoms with Crippen molar-refractivity contribution in [3.05, 3.63) is 75.8 Å². The van der Waals surface area contributed by atoms with E-state index in [9.17, 15) is 9.59 Å². The van der Waals surface area contributed by atoms with Gasteiger partial charge in [-0.3, -0.25) is 0 Å². The van der Waals surface area contributed by atoms with Crippen molar-refractivity contribution in [2.45, 2.75) is 13.0 Å². The van der Waals surface area contributed by atoms with Gasteiger partial charge in [0.15, 0.2) is 0 Å². The molecule has 1 aliphatic heterocycles. The van der Waals surface area contributed by atoms with Crippen LogP contribution in [0.15, 0.2) is 64.6 Å². The fraction of sp³-hybridized carbons (Fsp3) is 0.158. The Kier molecular flexibility index (Phi) is 5.19. The number of hydrogen-bond donors (Lipinski definition) is 2. The molecule has 5 nitrogen and oxygen atoms in total. The predicted molar refractivity (Wildman–Crippen MR) is 98.5 cm³/mol. The topological polar surface area (TPSA) is 67.4 Å². The minimum atomic E-state index is -0.612. The summed E-state index contributed by atoms with van der Waals surface area (Å²) in [5.41, 5.74) is 2.37. The molecular formula is C19H17BrN2O3. The van der Waals surface area contributed by atoms with Crippen LogP contribution in [-0.4, -0.2) is 18.6 Å². The first-order valence-electron chi connectivity index (χ1n) is 7.90. The molecular weight excluding hydrogens is 384 g/mol. The molecule has 3 rings (SSSR count). The fourth-order valence-corrected chi connectivity index (χ4v) is 3.28. The molecule has 25 heavy (non-hydrogen) atoms. The molecule has 2 N–H and O–H groups in total. The predicted octanol–water partition coefficient (Wildman–Crippen LogP) is 3.78. The third kappa shape index (κ3) is 3.58. The maximum Gasteiger partial charge on any atom is 0.338 e. The molecule has 0 aliphatic carbocycles. The van der Waals surface area contributed by atoms with Gasteiger partial charge < -0.3 is 15.4 Å². The number of halogens is 1. The molecule has 0 radical (unpaired) electrons. The van der Waals surface area contributed by atoms with Crippen molar-refractivity contribution in [3.8, 4) is 0 Å². The van der Waals surface area contributed by atoms with E-state index in [1.807, 2.05) is 54.6 Å². The van der Waals surface area contributed by atoms with Crippen LogP contribution in [-0.2, 0) is 9.53 Å². The third-order valence-electron chi connectivity index (χ3n) is 3.85.